The molecule has 12 nitrogen and oxygen atoms in total. The normalized spacial score (nSPS) is 22.5. The zero-order valence-corrected chi connectivity index (χ0v) is 30.5. The van der Waals surface area contributed by atoms with Crippen LogP contribution in [0.4, 0.5) is 19.1 Å². The third kappa shape index (κ3) is 6.88. The summed E-state index contributed by atoms with van der Waals surface area (Å²) in [6.07, 6.45) is 5.83. The first-order chi connectivity index (χ1) is 27.0. The van der Waals surface area contributed by atoms with E-state index in [0.717, 1.165) is 31.7 Å². The van der Waals surface area contributed by atoms with E-state index in [2.05, 4.69) is 30.2 Å². The maximum Gasteiger partial charge on any atom is 0.434 e. The minimum absolute atomic E-state index is 0.0501. The van der Waals surface area contributed by atoms with E-state index in [-0.39, 0.29) is 30.1 Å². The van der Waals surface area contributed by atoms with Crippen molar-refractivity contribution in [2.75, 3.05) is 18.0 Å². The van der Waals surface area contributed by atoms with Crippen LogP contribution in [0, 0.1) is 29.1 Å². The van der Waals surface area contributed by atoms with Gasteiger partial charge in [-0.2, -0.15) is 18.4 Å². The molecule has 2 N–H and O–H groups in total. The van der Waals surface area contributed by atoms with Crippen LogP contribution in [0.1, 0.15) is 73.5 Å². The summed E-state index contributed by atoms with van der Waals surface area (Å²) in [5.74, 6) is -0.713. The fraction of sp³-hybridized carbons (Fsp3) is 0.390. The third-order valence-corrected chi connectivity index (χ3v) is 11.7. The van der Waals surface area contributed by atoms with Crippen LogP contribution in [-0.4, -0.2) is 66.2 Å². The third-order valence-electron chi connectivity index (χ3n) is 11.7. The number of amides is 1. The van der Waals surface area contributed by atoms with Crippen LogP contribution in [0.2, 0.25) is 0 Å². The Hall–Kier alpha value is -6.04. The monoisotopic (exact) mass is 764 g/mol. The first-order valence-electron chi connectivity index (χ1n) is 18.8. The second-order valence-corrected chi connectivity index (χ2v) is 15.0. The number of hydrogen-bond acceptors (Lipinski definition) is 9. The van der Waals surface area contributed by atoms with Crippen molar-refractivity contribution in [3.8, 4) is 28.9 Å². The molecule has 8 rings (SSSR count). The van der Waals surface area contributed by atoms with Gasteiger partial charge in [-0.3, -0.25) is 4.79 Å². The van der Waals surface area contributed by atoms with Crippen LogP contribution in [0.25, 0.3) is 28.0 Å². The number of anilines is 1. The van der Waals surface area contributed by atoms with Gasteiger partial charge < -0.3 is 24.6 Å². The Morgan fingerprint density at radius 3 is 2.52 bits per heavy atom. The first-order valence-corrected chi connectivity index (χ1v) is 18.8. The van der Waals surface area contributed by atoms with Crippen molar-refractivity contribution >= 4 is 28.7 Å². The number of carbonyl (C=O) groups excluding carboxylic acids is 1. The smallest absolute Gasteiger partial charge is 0.434 e. The summed E-state index contributed by atoms with van der Waals surface area (Å²) in [7, 11) is 0. The number of nitriles is 1. The van der Waals surface area contributed by atoms with Crippen molar-refractivity contribution in [3.05, 3.63) is 90.1 Å². The SMILES string of the molecule is CCC1CC2CC(C1)C(NC(=O)c1ccc(-c3cn(-c4ccc(C#N)cn4)c4cc(OC5CCN(c6ncccn6)CC5)ccc34)nc1C(F)(F)F)(C(=O)O)C2. The van der Waals surface area contributed by atoms with Gasteiger partial charge in [-0.15, -0.1) is 0 Å². The zero-order valence-electron chi connectivity index (χ0n) is 30.5. The molecular formula is C41H39F3N8O4. The Kier molecular flexibility index (Phi) is 9.59. The molecule has 15 heteroatoms. The van der Waals surface area contributed by atoms with E-state index in [1.807, 2.05) is 13.0 Å². The quantitative estimate of drug-likeness (QED) is 0.157. The molecule has 3 aliphatic rings. The highest BCUT2D eigenvalue weighted by Crippen LogP contribution is 2.51. The fourth-order valence-electron chi connectivity index (χ4n) is 8.93. The number of nitrogens with one attached hydrogen (secondary N) is 1. The van der Waals surface area contributed by atoms with Crippen molar-refractivity contribution in [1.82, 2.24) is 29.8 Å². The number of fused-ring (bicyclic) bond motifs is 3. The van der Waals surface area contributed by atoms with Gasteiger partial charge in [-0.1, -0.05) is 13.3 Å². The molecule has 1 amide bonds. The van der Waals surface area contributed by atoms with Crippen molar-refractivity contribution in [2.45, 2.75) is 69.7 Å². The highest BCUT2D eigenvalue weighted by molar-refractivity contribution is 6.01. The van der Waals surface area contributed by atoms with Crippen LogP contribution in [0.3, 0.4) is 0 Å². The maximum absolute atomic E-state index is 14.8. The summed E-state index contributed by atoms with van der Waals surface area (Å²) in [4.78, 5) is 45.7. The molecule has 2 saturated carbocycles. The van der Waals surface area contributed by atoms with Gasteiger partial charge in [0, 0.05) is 67.7 Å². The Morgan fingerprint density at radius 2 is 1.84 bits per heavy atom. The minimum Gasteiger partial charge on any atom is -0.490 e. The van der Waals surface area contributed by atoms with Gasteiger partial charge in [0.05, 0.1) is 22.3 Å². The van der Waals surface area contributed by atoms with Crippen molar-refractivity contribution in [3.63, 3.8) is 0 Å². The number of carboxylic acids is 1. The number of aromatic nitrogens is 5. The molecule has 288 valence electrons. The summed E-state index contributed by atoms with van der Waals surface area (Å²) >= 11 is 0. The second-order valence-electron chi connectivity index (χ2n) is 15.0. The minimum atomic E-state index is -5.03. The number of aliphatic carboxylic acids is 1. The van der Waals surface area contributed by atoms with E-state index >= 15 is 0 Å². The first kappa shape index (κ1) is 36.9. The van der Waals surface area contributed by atoms with E-state index in [1.54, 1.807) is 59.6 Å². The molecule has 5 aromatic rings. The molecule has 1 saturated heterocycles. The van der Waals surface area contributed by atoms with Gasteiger partial charge in [0.25, 0.3) is 5.91 Å². The van der Waals surface area contributed by atoms with Crippen LogP contribution in [0.5, 0.6) is 5.75 Å². The summed E-state index contributed by atoms with van der Waals surface area (Å²) < 4.78 is 52.5. The molecule has 1 aromatic carbocycles. The average molecular weight is 765 g/mol. The molecule has 56 heavy (non-hydrogen) atoms. The molecule has 0 spiro atoms. The fourth-order valence-corrected chi connectivity index (χ4v) is 8.93. The van der Waals surface area contributed by atoms with Gasteiger partial charge in [0.1, 0.15) is 29.3 Å². The highest BCUT2D eigenvalue weighted by Gasteiger charge is 2.57. The molecule has 2 aliphatic carbocycles. The molecule has 5 heterocycles. The number of halogens is 3. The van der Waals surface area contributed by atoms with Crippen LogP contribution in [-0.2, 0) is 11.0 Å². The van der Waals surface area contributed by atoms with E-state index in [0.29, 0.717) is 71.4 Å². The molecule has 0 radical (unpaired) electrons. The van der Waals surface area contributed by atoms with Crippen molar-refractivity contribution in [2.24, 2.45) is 17.8 Å². The molecule has 1 aliphatic heterocycles. The molecule has 4 unspecified atom stereocenters. The zero-order chi connectivity index (χ0) is 39.2. The summed E-state index contributed by atoms with van der Waals surface area (Å²) in [5, 5.41) is 22.9. The number of carboxylic acid groups (broad SMARTS) is 1. The predicted molar refractivity (Wildman–Crippen MR) is 199 cm³/mol. The maximum atomic E-state index is 14.8. The second kappa shape index (κ2) is 14.6. The summed E-state index contributed by atoms with van der Waals surface area (Å²) in [6.45, 7) is 3.44. The topological polar surface area (TPSA) is 159 Å². The number of piperidine rings is 1. The van der Waals surface area contributed by atoms with Crippen molar-refractivity contribution in [1.29, 1.82) is 5.26 Å². The van der Waals surface area contributed by atoms with Gasteiger partial charge in [-0.25, -0.2) is 24.7 Å². The lowest BCUT2D eigenvalue weighted by atomic mass is 9.76. The van der Waals surface area contributed by atoms with Crippen LogP contribution >= 0.6 is 0 Å². The van der Waals surface area contributed by atoms with E-state index in [9.17, 15) is 33.1 Å². The number of ether oxygens (including phenoxy) is 1. The highest BCUT2D eigenvalue weighted by atomic mass is 19.4. The van der Waals surface area contributed by atoms with E-state index in [4.69, 9.17) is 4.74 Å². The standard InChI is InChI=1S/C41H39F3N8O4/c1-2-24-16-26-18-27(17-24)40(20-26,38(54)55)50-37(53)31-7-8-33(49-36(31)41(42,43)44)32-23-52(35-9-4-25(21-45)22-48-35)34-19-29(5-6-30(32)34)56-28-10-14-51(15-11-28)39-46-12-3-13-47-39/h3-9,12-13,19,22-24,26-28H,2,10-11,14-18,20H2,1H3,(H,50,53)(H,54,55). The summed E-state index contributed by atoms with van der Waals surface area (Å²) in [5.41, 5.74) is -2.61. The number of alkyl halides is 3. The van der Waals surface area contributed by atoms with E-state index in [1.165, 1.54) is 12.3 Å². The Bertz CT molecular complexity index is 2320. The van der Waals surface area contributed by atoms with Gasteiger partial charge in [0.15, 0.2) is 5.69 Å². The van der Waals surface area contributed by atoms with Gasteiger partial charge in [0.2, 0.25) is 5.95 Å². The van der Waals surface area contributed by atoms with Crippen LogP contribution < -0.4 is 15.0 Å². The number of carbonyl (C=O) groups is 2. The molecule has 4 atom stereocenters. The van der Waals surface area contributed by atoms with Gasteiger partial charge >= 0.3 is 12.1 Å². The van der Waals surface area contributed by atoms with Crippen molar-refractivity contribution < 1.29 is 32.6 Å². The summed E-state index contributed by atoms with van der Waals surface area (Å²) in [6, 6.07) is 14.8. The lowest BCUT2D eigenvalue weighted by Gasteiger charge is -2.34. The largest absolute Gasteiger partial charge is 0.490 e. The number of nitrogens with zero attached hydrogens (tertiary/aromatic N) is 7. The Balaban J connectivity index is 1.12. The molecule has 2 bridgehead atoms. The average Bonchev–Trinajstić information content (AvgIpc) is 3.71. The number of pyridine rings is 2. The molecule has 4 aromatic heterocycles. The molecular weight excluding hydrogens is 725 g/mol. The Morgan fingerprint density at radius 1 is 1.05 bits per heavy atom. The van der Waals surface area contributed by atoms with Gasteiger partial charge in [-0.05, 0) is 85.9 Å². The van der Waals surface area contributed by atoms with E-state index < -0.39 is 34.8 Å². The predicted octanol–water partition coefficient (Wildman–Crippen LogP) is 7.22. The molecule has 3 fully saturated rings. The lowest BCUT2D eigenvalue weighted by Crippen LogP contribution is -2.57. The number of rotatable bonds is 9. The number of hydrogen-bond donors (Lipinski definition) is 2. The number of benzene rings is 1. The Labute approximate surface area is 320 Å². The van der Waals surface area contributed by atoms with Crippen LogP contribution in [0.15, 0.2) is 73.3 Å². The lowest BCUT2D eigenvalue weighted by molar-refractivity contribution is -0.146.